The van der Waals surface area contributed by atoms with Gasteiger partial charge in [0.15, 0.2) is 17.1 Å². The molecule has 8 nitrogen and oxygen atoms in total. The highest BCUT2D eigenvalue weighted by molar-refractivity contribution is 5.96. The van der Waals surface area contributed by atoms with Gasteiger partial charge in [-0.05, 0) is 36.8 Å². The zero-order chi connectivity index (χ0) is 20.8. The van der Waals surface area contributed by atoms with Crippen LogP contribution in [0.1, 0.15) is 5.56 Å². The number of fused-ring (bicyclic) bond motifs is 2. The zero-order valence-electron chi connectivity index (χ0n) is 16.5. The molecule has 0 radical (unpaired) electrons. The first-order valence-electron chi connectivity index (χ1n) is 9.78. The van der Waals surface area contributed by atoms with Gasteiger partial charge >= 0.3 is 0 Å². The lowest BCUT2D eigenvalue weighted by Crippen LogP contribution is -1.87. The quantitative estimate of drug-likeness (QED) is 0.454. The van der Waals surface area contributed by atoms with Gasteiger partial charge in [0.05, 0.1) is 10.9 Å². The molecule has 0 aliphatic rings. The Morgan fingerprint density at radius 1 is 0.806 bits per heavy atom. The molecule has 0 aliphatic heterocycles. The van der Waals surface area contributed by atoms with Crippen LogP contribution >= 0.6 is 0 Å². The number of hydrogen-bond donors (Lipinski definition) is 2. The molecule has 8 heteroatoms. The molecule has 0 aliphatic carbocycles. The fourth-order valence-corrected chi connectivity index (χ4v) is 3.79. The summed E-state index contributed by atoms with van der Waals surface area (Å²) in [7, 11) is 0. The Hall–Kier alpha value is -4.46. The number of imidazole rings is 1. The molecule has 0 unspecified atom stereocenters. The number of hydrogen-bond acceptors (Lipinski definition) is 6. The van der Waals surface area contributed by atoms with E-state index >= 15 is 0 Å². The summed E-state index contributed by atoms with van der Waals surface area (Å²) in [5, 5.41) is 8.32. The van der Waals surface area contributed by atoms with E-state index in [0.29, 0.717) is 17.1 Å². The van der Waals surface area contributed by atoms with Crippen molar-refractivity contribution < 1.29 is 0 Å². The molecule has 0 fully saturated rings. The van der Waals surface area contributed by atoms with E-state index in [4.69, 9.17) is 4.98 Å². The van der Waals surface area contributed by atoms with Gasteiger partial charge in [0, 0.05) is 59.4 Å². The highest BCUT2D eigenvalue weighted by Crippen LogP contribution is 2.32. The molecule has 0 spiro atoms. The molecular formula is C23H16N8. The van der Waals surface area contributed by atoms with E-state index in [-0.39, 0.29) is 0 Å². The first-order chi connectivity index (χ1) is 15.3. The van der Waals surface area contributed by atoms with Crippen LogP contribution in [0.5, 0.6) is 0 Å². The standard InChI is InChI=1S/C23H16N8/c1-13-4-7-25-12-18(13)15-9-17-20(30-31-21(17)27-11-15)23-28-19-16(5-8-26-22(19)29-23)14-3-2-6-24-10-14/h2-12H,1H3,(H,26,28,29)(H,27,30,31). The lowest BCUT2D eigenvalue weighted by atomic mass is 10.0. The van der Waals surface area contributed by atoms with Crippen LogP contribution in [0.4, 0.5) is 0 Å². The first kappa shape index (κ1) is 17.4. The molecule has 31 heavy (non-hydrogen) atoms. The number of aryl methyl sites for hydroxylation is 1. The maximum absolute atomic E-state index is 4.71. The second-order valence-corrected chi connectivity index (χ2v) is 7.27. The van der Waals surface area contributed by atoms with Crippen molar-refractivity contribution in [1.82, 2.24) is 40.1 Å². The third-order valence-electron chi connectivity index (χ3n) is 5.36. The first-order valence-corrected chi connectivity index (χ1v) is 9.78. The maximum Gasteiger partial charge on any atom is 0.181 e. The lowest BCUT2D eigenvalue weighted by molar-refractivity contribution is 1.09. The summed E-state index contributed by atoms with van der Waals surface area (Å²) >= 11 is 0. The summed E-state index contributed by atoms with van der Waals surface area (Å²) in [4.78, 5) is 25.6. The molecule has 6 aromatic heterocycles. The number of aromatic amines is 2. The Morgan fingerprint density at radius 3 is 2.61 bits per heavy atom. The van der Waals surface area contributed by atoms with Gasteiger partial charge in [-0.15, -0.1) is 0 Å². The second kappa shape index (κ2) is 6.81. The average Bonchev–Trinajstić information content (AvgIpc) is 3.43. The molecule has 0 saturated carbocycles. The fourth-order valence-electron chi connectivity index (χ4n) is 3.79. The van der Waals surface area contributed by atoms with Crippen LogP contribution in [0.3, 0.4) is 0 Å². The van der Waals surface area contributed by atoms with Gasteiger partial charge in [-0.25, -0.2) is 15.0 Å². The third kappa shape index (κ3) is 2.84. The molecule has 0 saturated heterocycles. The van der Waals surface area contributed by atoms with Crippen LogP contribution in [-0.4, -0.2) is 40.1 Å². The highest BCUT2D eigenvalue weighted by atomic mass is 15.2. The normalized spacial score (nSPS) is 11.4. The number of aromatic nitrogens is 8. The van der Waals surface area contributed by atoms with Gasteiger partial charge in [-0.2, -0.15) is 5.10 Å². The van der Waals surface area contributed by atoms with Crippen LogP contribution in [0, 0.1) is 6.92 Å². The average molecular weight is 404 g/mol. The van der Waals surface area contributed by atoms with E-state index in [1.54, 1.807) is 18.6 Å². The van der Waals surface area contributed by atoms with E-state index in [0.717, 1.165) is 44.4 Å². The van der Waals surface area contributed by atoms with Crippen LogP contribution in [0.25, 0.3) is 56.0 Å². The summed E-state index contributed by atoms with van der Waals surface area (Å²) in [6.07, 6.45) is 10.8. The molecule has 6 heterocycles. The summed E-state index contributed by atoms with van der Waals surface area (Å²) in [6.45, 7) is 2.06. The third-order valence-corrected chi connectivity index (χ3v) is 5.36. The SMILES string of the molecule is Cc1ccncc1-c1cnc2n[nH]c(-c3nc4nccc(-c5cccnc5)c4[nH]3)c2c1. The number of nitrogens with zero attached hydrogens (tertiary/aromatic N) is 6. The molecule has 0 amide bonds. The molecule has 0 bridgehead atoms. The fraction of sp³-hybridized carbons (Fsp3) is 0.0435. The van der Waals surface area contributed by atoms with Crippen LogP contribution in [0.2, 0.25) is 0 Å². The monoisotopic (exact) mass is 404 g/mol. The summed E-state index contributed by atoms with van der Waals surface area (Å²) in [5.74, 6) is 0.656. The Morgan fingerprint density at radius 2 is 1.74 bits per heavy atom. The van der Waals surface area contributed by atoms with Gasteiger partial charge in [-0.3, -0.25) is 15.1 Å². The van der Waals surface area contributed by atoms with E-state index < -0.39 is 0 Å². The minimum atomic E-state index is 0.626. The molecule has 148 valence electrons. The molecule has 0 atom stereocenters. The van der Waals surface area contributed by atoms with Crippen molar-refractivity contribution in [3.8, 4) is 33.8 Å². The summed E-state index contributed by atoms with van der Waals surface area (Å²) in [5.41, 5.74) is 8.01. The van der Waals surface area contributed by atoms with Crippen molar-refractivity contribution in [1.29, 1.82) is 0 Å². The van der Waals surface area contributed by atoms with Gasteiger partial charge in [0.1, 0.15) is 5.69 Å². The van der Waals surface area contributed by atoms with Crippen molar-refractivity contribution in [2.45, 2.75) is 6.92 Å². The van der Waals surface area contributed by atoms with Crippen molar-refractivity contribution in [2.75, 3.05) is 0 Å². The van der Waals surface area contributed by atoms with E-state index in [2.05, 4.69) is 48.1 Å². The van der Waals surface area contributed by atoms with E-state index in [9.17, 15) is 0 Å². The smallest absolute Gasteiger partial charge is 0.181 e. The number of H-pyrrole nitrogens is 2. The minimum Gasteiger partial charge on any atom is -0.335 e. The Bertz CT molecular complexity index is 1550. The van der Waals surface area contributed by atoms with Gasteiger partial charge in [-0.1, -0.05) is 6.07 Å². The van der Waals surface area contributed by atoms with Crippen molar-refractivity contribution in [3.05, 3.63) is 73.1 Å². The van der Waals surface area contributed by atoms with Crippen molar-refractivity contribution in [3.63, 3.8) is 0 Å². The summed E-state index contributed by atoms with van der Waals surface area (Å²) < 4.78 is 0. The highest BCUT2D eigenvalue weighted by Gasteiger charge is 2.16. The molecule has 6 rings (SSSR count). The Balaban J connectivity index is 1.52. The van der Waals surface area contributed by atoms with Crippen molar-refractivity contribution in [2.24, 2.45) is 0 Å². The zero-order valence-corrected chi connectivity index (χ0v) is 16.5. The van der Waals surface area contributed by atoms with E-state index in [1.165, 1.54) is 0 Å². The number of nitrogens with one attached hydrogen (secondary N) is 2. The van der Waals surface area contributed by atoms with Crippen LogP contribution in [-0.2, 0) is 0 Å². The molecule has 2 N–H and O–H groups in total. The van der Waals surface area contributed by atoms with Gasteiger partial charge < -0.3 is 4.98 Å². The van der Waals surface area contributed by atoms with E-state index in [1.807, 2.05) is 42.9 Å². The predicted molar refractivity (Wildman–Crippen MR) is 118 cm³/mol. The molecular weight excluding hydrogens is 388 g/mol. The minimum absolute atomic E-state index is 0.626. The lowest BCUT2D eigenvalue weighted by Gasteiger charge is -2.04. The van der Waals surface area contributed by atoms with Gasteiger partial charge in [0.2, 0.25) is 0 Å². The maximum atomic E-state index is 4.71. The van der Waals surface area contributed by atoms with Crippen molar-refractivity contribution >= 4 is 22.2 Å². The predicted octanol–water partition coefficient (Wildman–Crippen LogP) is 4.33. The molecule has 6 aromatic rings. The second-order valence-electron chi connectivity index (χ2n) is 7.27. The van der Waals surface area contributed by atoms with Gasteiger partial charge in [0.25, 0.3) is 0 Å². The van der Waals surface area contributed by atoms with Crippen LogP contribution < -0.4 is 0 Å². The van der Waals surface area contributed by atoms with Crippen LogP contribution in [0.15, 0.2) is 67.5 Å². The topological polar surface area (TPSA) is 109 Å². The number of pyridine rings is 4. The molecule has 0 aromatic carbocycles. The largest absolute Gasteiger partial charge is 0.335 e. The number of rotatable bonds is 3. The Labute approximate surface area is 176 Å². The Kier molecular flexibility index (Phi) is 3.82. The summed E-state index contributed by atoms with van der Waals surface area (Å²) in [6, 6.07) is 9.93.